The Kier molecular flexibility index (Phi) is 3.35. The van der Waals surface area contributed by atoms with E-state index in [4.69, 9.17) is 0 Å². The molecule has 0 saturated heterocycles. The van der Waals surface area contributed by atoms with Crippen LogP contribution in [0.5, 0.6) is 0 Å². The van der Waals surface area contributed by atoms with Gasteiger partial charge in [-0.25, -0.2) is 4.99 Å². The number of rotatable bonds is 1. The molecule has 0 heterocycles. The Hall–Kier alpha value is -1.51. The van der Waals surface area contributed by atoms with E-state index in [-0.39, 0.29) is 17.6 Å². The van der Waals surface area contributed by atoms with Crippen molar-refractivity contribution in [3.05, 3.63) is 23.3 Å². The first-order chi connectivity index (χ1) is 6.91. The zero-order valence-corrected chi connectivity index (χ0v) is 9.50. The topological polar surface area (TPSA) is 46.5 Å². The summed E-state index contributed by atoms with van der Waals surface area (Å²) in [5, 5.41) is 0. The van der Waals surface area contributed by atoms with Crippen molar-refractivity contribution in [2.24, 2.45) is 10.9 Å². The Labute approximate surface area is 89.6 Å². The zero-order valence-electron chi connectivity index (χ0n) is 9.50. The summed E-state index contributed by atoms with van der Waals surface area (Å²) in [5.41, 5.74) is 2.08. The summed E-state index contributed by atoms with van der Waals surface area (Å²) in [7, 11) is 0. The van der Waals surface area contributed by atoms with Gasteiger partial charge in [0.15, 0.2) is 5.78 Å². The van der Waals surface area contributed by atoms with Crippen molar-refractivity contribution >= 4 is 17.4 Å². The lowest BCUT2D eigenvalue weighted by Crippen LogP contribution is -2.16. The molecule has 1 aliphatic rings. The summed E-state index contributed by atoms with van der Waals surface area (Å²) in [5.74, 6) is -0.0486. The van der Waals surface area contributed by atoms with Gasteiger partial charge in [-0.15, -0.1) is 0 Å². The van der Waals surface area contributed by atoms with Crippen LogP contribution in [0, 0.1) is 5.92 Å². The average molecular weight is 205 g/mol. The SMILES string of the molecule is CC(=O)N=C1C=C(C)C(=O)C=C1C(C)C. The summed E-state index contributed by atoms with van der Waals surface area (Å²) in [6, 6.07) is 0. The lowest BCUT2D eigenvalue weighted by molar-refractivity contribution is -0.115. The van der Waals surface area contributed by atoms with Gasteiger partial charge in [0.2, 0.25) is 5.91 Å². The monoisotopic (exact) mass is 205 g/mol. The third-order valence-electron chi connectivity index (χ3n) is 2.22. The minimum atomic E-state index is -0.241. The number of allylic oxidation sites excluding steroid dienone is 4. The van der Waals surface area contributed by atoms with Crippen molar-refractivity contribution < 1.29 is 9.59 Å². The van der Waals surface area contributed by atoms with Crippen LogP contribution in [0.2, 0.25) is 0 Å². The predicted octanol–water partition coefficient (Wildman–Crippen LogP) is 2.09. The Morgan fingerprint density at radius 3 is 2.40 bits per heavy atom. The highest BCUT2D eigenvalue weighted by Crippen LogP contribution is 2.19. The molecule has 3 heteroatoms. The standard InChI is InChI=1S/C12H15NO2/c1-7(2)10-6-12(15)8(3)5-11(10)13-9(4)14/h5-7H,1-4H3. The normalized spacial score (nSPS) is 19.3. The molecule has 80 valence electrons. The number of amides is 1. The number of carbonyl (C=O) groups excluding carboxylic acids is 2. The number of hydrogen-bond acceptors (Lipinski definition) is 2. The van der Waals surface area contributed by atoms with Crippen LogP contribution in [-0.4, -0.2) is 17.4 Å². The molecule has 0 spiro atoms. The summed E-state index contributed by atoms with van der Waals surface area (Å²) < 4.78 is 0. The van der Waals surface area contributed by atoms with Crippen LogP contribution in [0.4, 0.5) is 0 Å². The third-order valence-corrected chi connectivity index (χ3v) is 2.22. The van der Waals surface area contributed by atoms with Crippen LogP contribution >= 0.6 is 0 Å². The van der Waals surface area contributed by atoms with Crippen molar-refractivity contribution in [1.82, 2.24) is 0 Å². The number of hydrogen-bond donors (Lipinski definition) is 0. The second kappa shape index (κ2) is 4.34. The molecule has 0 aliphatic heterocycles. The number of carbonyl (C=O) groups is 2. The summed E-state index contributed by atoms with van der Waals surface area (Å²) in [6.45, 7) is 7.09. The summed E-state index contributed by atoms with van der Waals surface area (Å²) >= 11 is 0. The van der Waals surface area contributed by atoms with E-state index >= 15 is 0 Å². The van der Waals surface area contributed by atoms with Crippen LogP contribution in [0.3, 0.4) is 0 Å². The fourth-order valence-electron chi connectivity index (χ4n) is 1.42. The first-order valence-corrected chi connectivity index (χ1v) is 4.95. The Bertz CT molecular complexity index is 398. The predicted molar refractivity (Wildman–Crippen MR) is 59.8 cm³/mol. The van der Waals surface area contributed by atoms with Crippen molar-refractivity contribution in [2.75, 3.05) is 0 Å². The Balaban J connectivity index is 3.18. The van der Waals surface area contributed by atoms with E-state index in [2.05, 4.69) is 4.99 Å². The molecule has 0 saturated carbocycles. The van der Waals surface area contributed by atoms with E-state index < -0.39 is 0 Å². The Morgan fingerprint density at radius 2 is 1.93 bits per heavy atom. The first kappa shape index (κ1) is 11.6. The van der Waals surface area contributed by atoms with Gasteiger partial charge in [0, 0.05) is 6.92 Å². The van der Waals surface area contributed by atoms with E-state index in [9.17, 15) is 9.59 Å². The minimum absolute atomic E-state index is 0.00111. The van der Waals surface area contributed by atoms with E-state index in [0.29, 0.717) is 11.3 Å². The number of ketones is 1. The van der Waals surface area contributed by atoms with E-state index in [1.807, 2.05) is 13.8 Å². The van der Waals surface area contributed by atoms with Crippen molar-refractivity contribution in [2.45, 2.75) is 27.7 Å². The smallest absolute Gasteiger partial charge is 0.243 e. The fourth-order valence-corrected chi connectivity index (χ4v) is 1.42. The molecule has 0 aromatic heterocycles. The van der Waals surface area contributed by atoms with Gasteiger partial charge in [0.25, 0.3) is 0 Å². The molecule has 3 nitrogen and oxygen atoms in total. The van der Waals surface area contributed by atoms with Crippen LogP contribution in [0.25, 0.3) is 0 Å². The maximum absolute atomic E-state index is 11.5. The van der Waals surface area contributed by atoms with Crippen LogP contribution < -0.4 is 0 Å². The molecular formula is C12H15NO2. The van der Waals surface area contributed by atoms with Crippen molar-refractivity contribution in [3.63, 3.8) is 0 Å². The zero-order chi connectivity index (χ0) is 11.6. The van der Waals surface area contributed by atoms with Crippen LogP contribution in [0.15, 0.2) is 28.3 Å². The van der Waals surface area contributed by atoms with E-state index in [1.165, 1.54) is 6.92 Å². The molecule has 0 aromatic rings. The molecule has 1 amide bonds. The molecule has 1 rings (SSSR count). The molecule has 0 bridgehead atoms. The van der Waals surface area contributed by atoms with Gasteiger partial charge >= 0.3 is 0 Å². The van der Waals surface area contributed by atoms with Crippen molar-refractivity contribution in [3.8, 4) is 0 Å². The molecule has 0 fully saturated rings. The van der Waals surface area contributed by atoms with Crippen LogP contribution in [-0.2, 0) is 9.59 Å². The average Bonchev–Trinajstić information content (AvgIpc) is 2.09. The van der Waals surface area contributed by atoms with Gasteiger partial charge in [-0.2, -0.15) is 0 Å². The highest BCUT2D eigenvalue weighted by atomic mass is 16.1. The quantitative estimate of drug-likeness (QED) is 0.615. The van der Waals surface area contributed by atoms with Gasteiger partial charge in [-0.1, -0.05) is 13.8 Å². The first-order valence-electron chi connectivity index (χ1n) is 4.95. The highest BCUT2D eigenvalue weighted by molar-refractivity contribution is 6.23. The van der Waals surface area contributed by atoms with E-state index in [0.717, 1.165) is 5.57 Å². The number of nitrogens with zero attached hydrogens (tertiary/aromatic N) is 1. The van der Waals surface area contributed by atoms with Gasteiger partial charge in [0.05, 0.1) is 5.71 Å². The van der Waals surface area contributed by atoms with E-state index in [1.54, 1.807) is 19.1 Å². The largest absolute Gasteiger partial charge is 0.290 e. The molecular weight excluding hydrogens is 190 g/mol. The third kappa shape index (κ3) is 2.72. The lowest BCUT2D eigenvalue weighted by Gasteiger charge is -2.15. The van der Waals surface area contributed by atoms with Crippen LogP contribution in [0.1, 0.15) is 27.7 Å². The molecule has 1 aliphatic carbocycles. The molecule has 0 unspecified atom stereocenters. The Morgan fingerprint density at radius 1 is 1.33 bits per heavy atom. The second-order valence-corrected chi connectivity index (χ2v) is 3.96. The van der Waals surface area contributed by atoms with Gasteiger partial charge in [0.1, 0.15) is 0 Å². The molecule has 0 N–H and O–H groups in total. The van der Waals surface area contributed by atoms with Gasteiger partial charge in [-0.3, -0.25) is 9.59 Å². The maximum atomic E-state index is 11.5. The summed E-state index contributed by atoms with van der Waals surface area (Å²) in [4.78, 5) is 26.3. The summed E-state index contributed by atoms with van der Waals surface area (Å²) in [6.07, 6.45) is 3.25. The number of aliphatic imine (C=N–C) groups is 1. The maximum Gasteiger partial charge on any atom is 0.243 e. The molecule has 0 radical (unpaired) electrons. The minimum Gasteiger partial charge on any atom is -0.290 e. The second-order valence-electron chi connectivity index (χ2n) is 3.96. The molecule has 0 aromatic carbocycles. The fraction of sp³-hybridized carbons (Fsp3) is 0.417. The highest BCUT2D eigenvalue weighted by Gasteiger charge is 2.18. The lowest BCUT2D eigenvalue weighted by atomic mass is 9.90. The van der Waals surface area contributed by atoms with Gasteiger partial charge < -0.3 is 0 Å². The molecule has 15 heavy (non-hydrogen) atoms. The van der Waals surface area contributed by atoms with Gasteiger partial charge in [-0.05, 0) is 36.1 Å². The molecule has 0 atom stereocenters. The van der Waals surface area contributed by atoms with Crippen molar-refractivity contribution in [1.29, 1.82) is 0 Å².